The molecule has 0 saturated carbocycles. The zero-order valence-electron chi connectivity index (χ0n) is 10.1. The summed E-state index contributed by atoms with van der Waals surface area (Å²) >= 11 is 0. The summed E-state index contributed by atoms with van der Waals surface area (Å²) in [7, 11) is 0. The molecule has 0 spiro atoms. The van der Waals surface area contributed by atoms with Crippen LogP contribution in [0.2, 0.25) is 0 Å². The molecule has 0 radical (unpaired) electrons. The van der Waals surface area contributed by atoms with E-state index in [9.17, 15) is 0 Å². The van der Waals surface area contributed by atoms with Crippen LogP contribution in [0.15, 0.2) is 36.5 Å². The summed E-state index contributed by atoms with van der Waals surface area (Å²) in [5.41, 5.74) is 15.5. The largest absolute Gasteiger partial charge is 0.397 e. The Morgan fingerprint density at radius 2 is 2.00 bits per heavy atom. The number of hydrogen-bond acceptors (Lipinski definition) is 4. The Labute approximate surface area is 106 Å². The quantitative estimate of drug-likeness (QED) is 0.753. The van der Waals surface area contributed by atoms with E-state index in [2.05, 4.69) is 34.6 Å². The smallest absolute Gasteiger partial charge is 0.151 e. The molecule has 1 aromatic heterocycles. The molecule has 2 aromatic rings. The molecule has 1 aliphatic rings. The molecule has 92 valence electrons. The highest BCUT2D eigenvalue weighted by molar-refractivity contribution is 5.75. The first-order chi connectivity index (χ1) is 8.75. The van der Waals surface area contributed by atoms with Gasteiger partial charge in [-0.15, -0.1) is 0 Å². The van der Waals surface area contributed by atoms with E-state index in [0.717, 1.165) is 12.8 Å². The lowest BCUT2D eigenvalue weighted by Gasteiger charge is -2.16. The minimum atomic E-state index is 0.276. The van der Waals surface area contributed by atoms with Gasteiger partial charge < -0.3 is 16.8 Å². The number of fused-ring (bicyclic) bond motifs is 1. The Morgan fingerprint density at radius 1 is 1.17 bits per heavy atom. The minimum absolute atomic E-state index is 0.276. The van der Waals surface area contributed by atoms with Gasteiger partial charge in [-0.05, 0) is 30.0 Å². The van der Waals surface area contributed by atoms with E-state index < -0.39 is 0 Å². The molecular weight excluding hydrogens is 224 g/mol. The van der Waals surface area contributed by atoms with Gasteiger partial charge in [-0.3, -0.25) is 0 Å². The van der Waals surface area contributed by atoms with Crippen LogP contribution in [0.25, 0.3) is 0 Å². The molecule has 0 fully saturated rings. The van der Waals surface area contributed by atoms with Gasteiger partial charge in [-0.1, -0.05) is 24.3 Å². The van der Waals surface area contributed by atoms with Crippen molar-refractivity contribution >= 4 is 17.2 Å². The first kappa shape index (κ1) is 10.9. The van der Waals surface area contributed by atoms with Gasteiger partial charge >= 0.3 is 0 Å². The van der Waals surface area contributed by atoms with Gasteiger partial charge in [0.1, 0.15) is 0 Å². The highest BCUT2D eigenvalue weighted by Crippen LogP contribution is 2.35. The van der Waals surface area contributed by atoms with Crippen LogP contribution < -0.4 is 16.8 Å². The number of benzene rings is 1. The van der Waals surface area contributed by atoms with Crippen molar-refractivity contribution in [1.29, 1.82) is 0 Å². The Hall–Kier alpha value is -2.23. The third-order valence-corrected chi connectivity index (χ3v) is 3.47. The van der Waals surface area contributed by atoms with E-state index in [-0.39, 0.29) is 6.04 Å². The summed E-state index contributed by atoms with van der Waals surface area (Å²) in [4.78, 5) is 4.26. The molecule has 4 nitrogen and oxygen atoms in total. The van der Waals surface area contributed by atoms with Gasteiger partial charge in [0.2, 0.25) is 0 Å². The lowest BCUT2D eigenvalue weighted by atomic mass is 10.1. The molecule has 18 heavy (non-hydrogen) atoms. The van der Waals surface area contributed by atoms with Crippen LogP contribution in [0, 0.1) is 0 Å². The molecule has 0 unspecified atom stereocenters. The predicted molar refractivity (Wildman–Crippen MR) is 74.2 cm³/mol. The molecule has 4 heteroatoms. The van der Waals surface area contributed by atoms with Gasteiger partial charge in [-0.25, -0.2) is 4.98 Å². The molecule has 5 N–H and O–H groups in total. The number of nitrogen functional groups attached to an aromatic ring is 2. The van der Waals surface area contributed by atoms with E-state index in [0.29, 0.717) is 17.2 Å². The molecule has 1 aromatic carbocycles. The van der Waals surface area contributed by atoms with Crippen LogP contribution in [0.4, 0.5) is 17.2 Å². The first-order valence-corrected chi connectivity index (χ1v) is 6.10. The second-order valence-corrected chi connectivity index (χ2v) is 4.60. The first-order valence-electron chi connectivity index (χ1n) is 6.10. The third-order valence-electron chi connectivity index (χ3n) is 3.47. The van der Waals surface area contributed by atoms with Crippen molar-refractivity contribution in [2.45, 2.75) is 18.9 Å². The van der Waals surface area contributed by atoms with Crippen molar-refractivity contribution in [2.75, 3.05) is 16.8 Å². The highest BCUT2D eigenvalue weighted by Gasteiger charge is 2.22. The molecular formula is C14H16N4. The van der Waals surface area contributed by atoms with Gasteiger partial charge in [0, 0.05) is 6.20 Å². The fourth-order valence-corrected chi connectivity index (χ4v) is 2.48. The van der Waals surface area contributed by atoms with Gasteiger partial charge in [0.15, 0.2) is 5.82 Å². The molecule has 0 amide bonds. The lowest BCUT2D eigenvalue weighted by molar-refractivity contribution is 0.758. The summed E-state index contributed by atoms with van der Waals surface area (Å²) < 4.78 is 0. The average Bonchev–Trinajstić information content (AvgIpc) is 2.79. The zero-order chi connectivity index (χ0) is 12.5. The summed E-state index contributed by atoms with van der Waals surface area (Å²) in [5, 5.41) is 3.39. The SMILES string of the molecule is Nc1ccnc(N[C@H]2CCc3ccccc32)c1N. The standard InChI is InChI=1S/C14H16N4/c15-11-7-8-17-14(13(11)16)18-12-6-5-9-3-1-2-4-10(9)12/h1-4,7-8,12H,5-6,16H2,(H3,15,17,18)/t12-/m0/s1. The zero-order valence-corrected chi connectivity index (χ0v) is 10.1. The number of rotatable bonds is 2. The fraction of sp³-hybridized carbons (Fsp3) is 0.214. The second kappa shape index (κ2) is 4.22. The predicted octanol–water partition coefficient (Wildman–Crippen LogP) is 2.35. The normalized spacial score (nSPS) is 17.4. The van der Waals surface area contributed by atoms with Crippen LogP contribution in [0.3, 0.4) is 0 Å². The van der Waals surface area contributed by atoms with Crippen molar-refractivity contribution in [1.82, 2.24) is 4.98 Å². The Morgan fingerprint density at radius 3 is 2.89 bits per heavy atom. The van der Waals surface area contributed by atoms with Crippen molar-refractivity contribution in [3.05, 3.63) is 47.7 Å². The van der Waals surface area contributed by atoms with Crippen LogP contribution >= 0.6 is 0 Å². The van der Waals surface area contributed by atoms with Crippen LogP contribution in [-0.4, -0.2) is 4.98 Å². The maximum absolute atomic E-state index is 5.93. The number of nitrogens with zero attached hydrogens (tertiary/aromatic N) is 1. The van der Waals surface area contributed by atoms with Crippen molar-refractivity contribution in [2.24, 2.45) is 0 Å². The summed E-state index contributed by atoms with van der Waals surface area (Å²) in [6.45, 7) is 0. The molecule has 0 aliphatic heterocycles. The Balaban J connectivity index is 1.89. The van der Waals surface area contributed by atoms with Gasteiger partial charge in [0.05, 0.1) is 17.4 Å². The highest BCUT2D eigenvalue weighted by atomic mass is 15.0. The Bertz CT molecular complexity index is 580. The number of nitrogens with one attached hydrogen (secondary N) is 1. The third kappa shape index (κ3) is 1.76. The summed E-state index contributed by atoms with van der Waals surface area (Å²) in [6, 6.07) is 10.5. The number of anilines is 3. The molecule has 0 saturated heterocycles. The number of aromatic nitrogens is 1. The van der Waals surface area contributed by atoms with E-state index >= 15 is 0 Å². The molecule has 1 heterocycles. The topological polar surface area (TPSA) is 77.0 Å². The van der Waals surface area contributed by atoms with Crippen LogP contribution in [0.5, 0.6) is 0 Å². The minimum Gasteiger partial charge on any atom is -0.397 e. The van der Waals surface area contributed by atoms with E-state index in [1.165, 1.54) is 11.1 Å². The molecule has 3 rings (SSSR count). The van der Waals surface area contributed by atoms with Gasteiger partial charge in [0.25, 0.3) is 0 Å². The summed E-state index contributed by atoms with van der Waals surface area (Å²) in [6.07, 6.45) is 3.83. The van der Waals surface area contributed by atoms with Crippen molar-refractivity contribution in [3.63, 3.8) is 0 Å². The second-order valence-electron chi connectivity index (χ2n) is 4.60. The van der Waals surface area contributed by atoms with Gasteiger partial charge in [-0.2, -0.15) is 0 Å². The maximum Gasteiger partial charge on any atom is 0.151 e. The van der Waals surface area contributed by atoms with E-state index in [4.69, 9.17) is 11.5 Å². The van der Waals surface area contributed by atoms with Crippen LogP contribution in [-0.2, 0) is 6.42 Å². The molecule has 1 atom stereocenters. The number of hydrogen-bond donors (Lipinski definition) is 3. The lowest BCUT2D eigenvalue weighted by Crippen LogP contribution is -2.11. The number of nitrogens with two attached hydrogens (primary N) is 2. The van der Waals surface area contributed by atoms with Crippen LogP contribution in [0.1, 0.15) is 23.6 Å². The van der Waals surface area contributed by atoms with Crippen molar-refractivity contribution in [3.8, 4) is 0 Å². The van der Waals surface area contributed by atoms with E-state index in [1.807, 2.05) is 0 Å². The van der Waals surface area contributed by atoms with Crippen molar-refractivity contribution < 1.29 is 0 Å². The maximum atomic E-state index is 5.93. The monoisotopic (exact) mass is 240 g/mol. The number of aryl methyl sites for hydroxylation is 1. The summed E-state index contributed by atoms with van der Waals surface area (Å²) in [5.74, 6) is 0.678. The molecule has 1 aliphatic carbocycles. The average molecular weight is 240 g/mol. The fourth-order valence-electron chi connectivity index (χ4n) is 2.48. The van der Waals surface area contributed by atoms with E-state index in [1.54, 1.807) is 12.3 Å². The Kier molecular flexibility index (Phi) is 2.55. The number of pyridine rings is 1. The molecule has 0 bridgehead atoms.